The Hall–Kier alpha value is -5.89. The fourth-order valence-corrected chi connectivity index (χ4v) is 10.3. The standard InChI is InChI=1S/C44H27O5S2/c45-43-35-14-1-3-16-39(35)50(47)40-25-33(18-20-36(40)43)31-12-6-10-29(23-31)27-8-5-9-28(22-27)30-11-7-13-32(24-30)34-19-21-38-42(26-34)51(48,49)41-17-4-2-15-37(41)44(38)46/h1-24,26H,25H2/q-1. The number of sulfone groups is 1. The highest BCUT2D eigenvalue weighted by molar-refractivity contribution is 7.91. The lowest BCUT2D eigenvalue weighted by atomic mass is 9.88. The number of fused-ring (bicyclic) bond motifs is 4. The van der Waals surface area contributed by atoms with Gasteiger partial charge in [-0.25, -0.2) is 18.8 Å². The van der Waals surface area contributed by atoms with Crippen LogP contribution in [0.15, 0.2) is 172 Å². The molecular formula is C44H27O5S2-. The zero-order valence-electron chi connectivity index (χ0n) is 27.0. The molecule has 6 aromatic carbocycles. The van der Waals surface area contributed by atoms with Crippen LogP contribution in [0.2, 0.25) is 0 Å². The molecule has 246 valence electrons. The lowest BCUT2D eigenvalue weighted by Gasteiger charge is -2.30. The molecular weight excluding hydrogens is 673 g/mol. The van der Waals surface area contributed by atoms with E-state index >= 15 is 0 Å². The number of allylic oxidation sites excluding steroid dienone is 4. The topological polar surface area (TPSA) is 85.3 Å². The average molecular weight is 700 g/mol. The van der Waals surface area contributed by atoms with Crippen LogP contribution in [-0.2, 0) is 24.4 Å². The van der Waals surface area contributed by atoms with Gasteiger partial charge >= 0.3 is 0 Å². The number of hydrogen-bond donors (Lipinski definition) is 0. The van der Waals surface area contributed by atoms with Crippen molar-refractivity contribution >= 4 is 42.2 Å². The predicted octanol–water partition coefficient (Wildman–Crippen LogP) is 9.17. The fraction of sp³-hybridized carbons (Fsp3) is 0.0227. The van der Waals surface area contributed by atoms with Crippen LogP contribution in [0.5, 0.6) is 0 Å². The summed E-state index contributed by atoms with van der Waals surface area (Å²) in [7, 11) is -5.26. The van der Waals surface area contributed by atoms with Crippen molar-refractivity contribution in [3.05, 3.63) is 180 Å². The first-order chi connectivity index (χ1) is 24.8. The molecule has 9 rings (SSSR count). The lowest BCUT2D eigenvalue weighted by molar-refractivity contribution is 0.102. The van der Waals surface area contributed by atoms with Gasteiger partial charge in [0.1, 0.15) is 0 Å². The summed E-state index contributed by atoms with van der Waals surface area (Å²) in [6.07, 6.45) is 4.20. The fourth-order valence-electron chi connectivity index (χ4n) is 7.18. The van der Waals surface area contributed by atoms with Crippen LogP contribution in [0.25, 0.3) is 39.0 Å². The van der Waals surface area contributed by atoms with Crippen molar-refractivity contribution in [2.75, 3.05) is 0 Å². The van der Waals surface area contributed by atoms with Crippen LogP contribution in [0.1, 0.15) is 38.3 Å². The highest BCUT2D eigenvalue weighted by Crippen LogP contribution is 2.38. The van der Waals surface area contributed by atoms with Gasteiger partial charge in [0.15, 0.2) is 11.6 Å². The number of rotatable bonds is 4. The second kappa shape index (κ2) is 11.9. The van der Waals surface area contributed by atoms with Gasteiger partial charge in [-0.05, 0) is 93.4 Å². The Bertz CT molecular complexity index is 2800. The quantitative estimate of drug-likeness (QED) is 0.135. The third-order valence-electron chi connectivity index (χ3n) is 9.80. The maximum absolute atomic E-state index is 13.6. The van der Waals surface area contributed by atoms with Crippen LogP contribution in [0.4, 0.5) is 0 Å². The molecule has 3 aliphatic rings. The van der Waals surface area contributed by atoms with E-state index in [2.05, 4.69) is 24.3 Å². The lowest BCUT2D eigenvalue weighted by Crippen LogP contribution is -2.24. The Kier molecular flexibility index (Phi) is 7.24. The molecule has 0 saturated heterocycles. The van der Waals surface area contributed by atoms with Crippen molar-refractivity contribution in [1.29, 1.82) is 0 Å². The molecule has 1 aliphatic carbocycles. The van der Waals surface area contributed by atoms with Gasteiger partial charge < -0.3 is 4.21 Å². The highest BCUT2D eigenvalue weighted by atomic mass is 32.2. The average Bonchev–Trinajstić information content (AvgIpc) is 3.19. The Balaban J connectivity index is 1.03. The van der Waals surface area contributed by atoms with Gasteiger partial charge in [0.05, 0.1) is 9.79 Å². The van der Waals surface area contributed by atoms with E-state index in [0.29, 0.717) is 32.9 Å². The highest BCUT2D eigenvalue weighted by Gasteiger charge is 2.34. The summed E-state index contributed by atoms with van der Waals surface area (Å²) in [6.45, 7) is 0. The van der Waals surface area contributed by atoms with Crippen LogP contribution in [-0.4, -0.2) is 24.8 Å². The summed E-state index contributed by atoms with van der Waals surface area (Å²) in [4.78, 5) is 27.6. The van der Waals surface area contributed by atoms with Crippen molar-refractivity contribution in [2.24, 2.45) is 0 Å². The largest absolute Gasteiger partial charge is 0.457 e. The molecule has 0 fully saturated rings. The molecule has 0 atom stereocenters. The van der Waals surface area contributed by atoms with E-state index in [-0.39, 0.29) is 32.5 Å². The Morgan fingerprint density at radius 3 is 1.67 bits per heavy atom. The molecule has 0 aromatic heterocycles. The number of benzene rings is 6. The third kappa shape index (κ3) is 5.08. The molecule has 0 unspecified atom stereocenters. The number of Topliss-reactive ketones (excluding diaryl/α,β-unsaturated/α-hetero) is 1. The van der Waals surface area contributed by atoms with Crippen LogP contribution in [0.3, 0.4) is 0 Å². The minimum atomic E-state index is -3.86. The molecule has 0 bridgehead atoms. The van der Waals surface area contributed by atoms with Crippen molar-refractivity contribution in [1.82, 2.24) is 0 Å². The van der Waals surface area contributed by atoms with E-state index < -0.39 is 20.2 Å². The van der Waals surface area contributed by atoms with Crippen LogP contribution < -0.4 is 0 Å². The Morgan fingerprint density at radius 1 is 0.471 bits per heavy atom. The zero-order valence-corrected chi connectivity index (χ0v) is 28.6. The summed E-state index contributed by atoms with van der Waals surface area (Å²) in [5.41, 5.74) is 8.94. The van der Waals surface area contributed by atoms with Gasteiger partial charge in [-0.1, -0.05) is 109 Å². The minimum absolute atomic E-state index is 0.0281. The van der Waals surface area contributed by atoms with Crippen molar-refractivity contribution in [3.63, 3.8) is 0 Å². The van der Waals surface area contributed by atoms with E-state index in [9.17, 15) is 22.2 Å². The van der Waals surface area contributed by atoms with Gasteiger partial charge in [-0.15, -0.1) is 9.76 Å². The molecule has 0 amide bonds. The van der Waals surface area contributed by atoms with E-state index in [0.717, 1.165) is 39.0 Å². The second-order valence-electron chi connectivity index (χ2n) is 12.7. The molecule has 5 nitrogen and oxygen atoms in total. The summed E-state index contributed by atoms with van der Waals surface area (Å²) in [5, 5.41) is 0. The number of carbonyl (C=O) groups excluding carboxylic acids is 2. The van der Waals surface area contributed by atoms with E-state index in [4.69, 9.17) is 0 Å². The van der Waals surface area contributed by atoms with Crippen molar-refractivity contribution in [3.8, 4) is 33.4 Å². The van der Waals surface area contributed by atoms with Gasteiger partial charge in [0.25, 0.3) is 0 Å². The number of carbonyl (C=O) groups is 2. The smallest absolute Gasteiger partial charge is 0.208 e. The number of hydrogen-bond acceptors (Lipinski definition) is 6. The summed E-state index contributed by atoms with van der Waals surface area (Å²) in [5.74, 6) is -0.371. The first-order valence-corrected chi connectivity index (χ1v) is 19.1. The van der Waals surface area contributed by atoms with Gasteiger partial charge in [-0.2, -0.15) is 0 Å². The van der Waals surface area contributed by atoms with Gasteiger partial charge in [0.2, 0.25) is 9.84 Å². The van der Waals surface area contributed by atoms with Gasteiger partial charge in [0, 0.05) is 22.3 Å². The molecule has 6 aromatic rings. The molecule has 0 saturated carbocycles. The SMILES string of the molecule is O=C1C2=CC=C(c3cccc(-c4cccc(-c5cccc(-c6ccc7c(c6)S(=O)(=O)c6ccccc6C7=O)c5)c4)c3)CC2=[S-](=O)c2ccccc21. The maximum atomic E-state index is 13.6. The molecule has 7 heteroatoms. The normalized spacial score (nSPS) is 16.0. The third-order valence-corrected chi connectivity index (χ3v) is 13.2. The van der Waals surface area contributed by atoms with Gasteiger partial charge in [-0.3, -0.25) is 9.59 Å². The zero-order chi connectivity index (χ0) is 34.9. The molecule has 0 spiro atoms. The van der Waals surface area contributed by atoms with Crippen molar-refractivity contribution in [2.45, 2.75) is 21.1 Å². The number of ketones is 2. The summed E-state index contributed by atoms with van der Waals surface area (Å²) < 4.78 is 40.6. The molecule has 2 heterocycles. The maximum Gasteiger partial charge on any atom is 0.208 e. The second-order valence-corrected chi connectivity index (χ2v) is 16.1. The van der Waals surface area contributed by atoms with Crippen LogP contribution >= 0.6 is 0 Å². The summed E-state index contributed by atoms with van der Waals surface area (Å²) in [6, 6.07) is 42.9. The summed E-state index contributed by atoms with van der Waals surface area (Å²) >= 11 is 0. The van der Waals surface area contributed by atoms with E-state index in [1.807, 2.05) is 60.7 Å². The Labute approximate surface area is 297 Å². The van der Waals surface area contributed by atoms with E-state index in [1.165, 1.54) is 6.07 Å². The molecule has 0 N–H and O–H groups in total. The van der Waals surface area contributed by atoms with Crippen LogP contribution in [0, 0.1) is 0 Å². The molecule has 51 heavy (non-hydrogen) atoms. The van der Waals surface area contributed by atoms with E-state index in [1.54, 1.807) is 60.7 Å². The monoisotopic (exact) mass is 699 g/mol. The Morgan fingerprint density at radius 2 is 1.00 bits per heavy atom. The molecule has 2 aliphatic heterocycles. The minimum Gasteiger partial charge on any atom is -0.457 e. The molecule has 0 radical (unpaired) electrons. The first-order valence-electron chi connectivity index (χ1n) is 16.4. The predicted molar refractivity (Wildman–Crippen MR) is 201 cm³/mol. The first kappa shape index (κ1) is 31.1. The van der Waals surface area contributed by atoms with Crippen molar-refractivity contribution < 1.29 is 22.2 Å².